The van der Waals surface area contributed by atoms with E-state index in [1.54, 1.807) is 13.1 Å². The normalized spacial score (nSPS) is 11.8. The SMILES string of the molecule is CC(Oc1ccc(F)c(F)c1)C(=O)NCc1ccc(Cn2cccn2)cc1. The molecule has 0 saturated carbocycles. The van der Waals surface area contributed by atoms with Gasteiger partial charge >= 0.3 is 0 Å². The van der Waals surface area contributed by atoms with E-state index in [-0.39, 0.29) is 11.7 Å². The molecule has 7 heteroatoms. The van der Waals surface area contributed by atoms with Crippen molar-refractivity contribution in [2.24, 2.45) is 0 Å². The third-order valence-electron chi connectivity index (χ3n) is 3.97. The van der Waals surface area contributed by atoms with E-state index in [2.05, 4.69) is 10.4 Å². The number of benzene rings is 2. The van der Waals surface area contributed by atoms with Crippen molar-refractivity contribution in [3.63, 3.8) is 0 Å². The fourth-order valence-corrected chi connectivity index (χ4v) is 2.48. The molecule has 1 aromatic heterocycles. The van der Waals surface area contributed by atoms with E-state index in [4.69, 9.17) is 4.74 Å². The molecular weight excluding hydrogens is 352 g/mol. The van der Waals surface area contributed by atoms with Crippen LogP contribution in [0.15, 0.2) is 60.9 Å². The van der Waals surface area contributed by atoms with E-state index >= 15 is 0 Å². The zero-order valence-electron chi connectivity index (χ0n) is 14.7. The maximum atomic E-state index is 13.2. The van der Waals surface area contributed by atoms with Crippen molar-refractivity contribution < 1.29 is 18.3 Å². The predicted octanol–water partition coefficient (Wildman–Crippen LogP) is 3.29. The van der Waals surface area contributed by atoms with E-state index in [1.165, 1.54) is 6.07 Å². The van der Waals surface area contributed by atoms with Gasteiger partial charge in [-0.25, -0.2) is 8.78 Å². The lowest BCUT2D eigenvalue weighted by Gasteiger charge is -2.15. The summed E-state index contributed by atoms with van der Waals surface area (Å²) in [5, 5.41) is 6.92. The van der Waals surface area contributed by atoms with Gasteiger partial charge in [0, 0.05) is 25.0 Å². The van der Waals surface area contributed by atoms with Gasteiger partial charge < -0.3 is 10.1 Å². The van der Waals surface area contributed by atoms with Crippen molar-refractivity contribution in [1.82, 2.24) is 15.1 Å². The quantitative estimate of drug-likeness (QED) is 0.693. The molecule has 27 heavy (non-hydrogen) atoms. The Hall–Kier alpha value is -3.22. The molecule has 0 aliphatic carbocycles. The van der Waals surface area contributed by atoms with Crippen LogP contribution in [-0.4, -0.2) is 21.8 Å². The Labute approximate surface area is 155 Å². The summed E-state index contributed by atoms with van der Waals surface area (Å²) in [7, 11) is 0. The van der Waals surface area contributed by atoms with Crippen LogP contribution in [0, 0.1) is 11.6 Å². The minimum Gasteiger partial charge on any atom is -0.481 e. The van der Waals surface area contributed by atoms with Crippen molar-refractivity contribution in [3.05, 3.63) is 83.7 Å². The molecule has 3 rings (SSSR count). The lowest BCUT2D eigenvalue weighted by atomic mass is 10.1. The molecule has 0 bridgehead atoms. The standard InChI is InChI=1S/C20H19F2N3O2/c1-14(27-17-7-8-18(21)19(22)11-17)20(26)23-12-15-3-5-16(6-4-15)13-25-10-2-9-24-25/h2-11,14H,12-13H2,1H3,(H,23,26). The van der Waals surface area contributed by atoms with Gasteiger partial charge in [-0.05, 0) is 36.2 Å². The van der Waals surface area contributed by atoms with Gasteiger partial charge in [-0.1, -0.05) is 24.3 Å². The summed E-state index contributed by atoms with van der Waals surface area (Å²) in [6.07, 6.45) is 2.78. The first-order chi connectivity index (χ1) is 13.0. The average Bonchev–Trinajstić information content (AvgIpc) is 3.17. The van der Waals surface area contributed by atoms with E-state index in [9.17, 15) is 13.6 Å². The number of carbonyl (C=O) groups excluding carboxylic acids is 1. The van der Waals surface area contributed by atoms with Crippen LogP contribution in [0.2, 0.25) is 0 Å². The Bertz CT molecular complexity index is 896. The molecule has 0 saturated heterocycles. The highest BCUT2D eigenvalue weighted by molar-refractivity contribution is 5.80. The highest BCUT2D eigenvalue weighted by Crippen LogP contribution is 2.17. The second kappa shape index (κ2) is 8.44. The van der Waals surface area contributed by atoms with Crippen molar-refractivity contribution in [1.29, 1.82) is 0 Å². The molecule has 1 unspecified atom stereocenters. The van der Waals surface area contributed by atoms with Gasteiger partial charge in [-0.15, -0.1) is 0 Å². The number of halogens is 2. The molecule has 1 amide bonds. The molecule has 0 radical (unpaired) electrons. The summed E-state index contributed by atoms with van der Waals surface area (Å²) in [6, 6.07) is 12.8. The van der Waals surface area contributed by atoms with Gasteiger partial charge in [-0.2, -0.15) is 5.10 Å². The number of carbonyl (C=O) groups is 1. The van der Waals surface area contributed by atoms with Crippen LogP contribution in [-0.2, 0) is 17.9 Å². The van der Waals surface area contributed by atoms with E-state index in [0.717, 1.165) is 23.3 Å². The Morgan fingerprint density at radius 3 is 2.56 bits per heavy atom. The van der Waals surface area contributed by atoms with Gasteiger partial charge in [-0.3, -0.25) is 9.48 Å². The molecule has 2 aromatic carbocycles. The number of aromatic nitrogens is 2. The van der Waals surface area contributed by atoms with Crippen LogP contribution < -0.4 is 10.1 Å². The first kappa shape index (κ1) is 18.6. The molecule has 140 valence electrons. The van der Waals surface area contributed by atoms with Crippen LogP contribution in [0.4, 0.5) is 8.78 Å². The van der Waals surface area contributed by atoms with E-state index in [1.807, 2.05) is 41.2 Å². The first-order valence-corrected chi connectivity index (χ1v) is 8.46. The maximum absolute atomic E-state index is 13.2. The van der Waals surface area contributed by atoms with Crippen molar-refractivity contribution >= 4 is 5.91 Å². The summed E-state index contributed by atoms with van der Waals surface area (Å²) in [5.74, 6) is -2.23. The summed E-state index contributed by atoms with van der Waals surface area (Å²) >= 11 is 0. The van der Waals surface area contributed by atoms with E-state index in [0.29, 0.717) is 13.1 Å². The number of rotatable bonds is 7. The fourth-order valence-electron chi connectivity index (χ4n) is 2.48. The summed E-state index contributed by atoms with van der Waals surface area (Å²) < 4.78 is 33.3. The number of hydrogen-bond donors (Lipinski definition) is 1. The highest BCUT2D eigenvalue weighted by Gasteiger charge is 2.15. The van der Waals surface area contributed by atoms with Gasteiger partial charge in [0.1, 0.15) is 5.75 Å². The lowest BCUT2D eigenvalue weighted by molar-refractivity contribution is -0.127. The Balaban J connectivity index is 1.49. The van der Waals surface area contributed by atoms with Crippen LogP contribution in [0.25, 0.3) is 0 Å². The Kier molecular flexibility index (Phi) is 5.80. The molecule has 1 N–H and O–H groups in total. The van der Waals surface area contributed by atoms with Crippen molar-refractivity contribution in [2.45, 2.75) is 26.1 Å². The summed E-state index contributed by atoms with van der Waals surface area (Å²) in [6.45, 7) is 2.56. The zero-order chi connectivity index (χ0) is 19.2. The lowest BCUT2D eigenvalue weighted by Crippen LogP contribution is -2.35. The third-order valence-corrected chi connectivity index (χ3v) is 3.97. The topological polar surface area (TPSA) is 56.1 Å². The average molecular weight is 371 g/mol. The first-order valence-electron chi connectivity index (χ1n) is 8.46. The van der Waals surface area contributed by atoms with Crippen LogP contribution >= 0.6 is 0 Å². The molecule has 0 fully saturated rings. The minimum atomic E-state index is -1.02. The van der Waals surface area contributed by atoms with Crippen molar-refractivity contribution in [2.75, 3.05) is 0 Å². The van der Waals surface area contributed by atoms with Gasteiger partial charge in [0.15, 0.2) is 17.7 Å². The molecule has 1 heterocycles. The summed E-state index contributed by atoms with van der Waals surface area (Å²) in [4.78, 5) is 12.1. The maximum Gasteiger partial charge on any atom is 0.261 e. The number of nitrogens with one attached hydrogen (secondary N) is 1. The second-order valence-corrected chi connectivity index (χ2v) is 6.07. The Morgan fingerprint density at radius 2 is 1.89 bits per heavy atom. The number of nitrogens with zero attached hydrogens (tertiary/aromatic N) is 2. The highest BCUT2D eigenvalue weighted by atomic mass is 19.2. The zero-order valence-corrected chi connectivity index (χ0v) is 14.7. The van der Waals surface area contributed by atoms with E-state index < -0.39 is 17.7 Å². The molecule has 0 spiro atoms. The summed E-state index contributed by atoms with van der Waals surface area (Å²) in [5.41, 5.74) is 2.04. The molecule has 1 atom stereocenters. The number of ether oxygens (including phenoxy) is 1. The third kappa shape index (κ3) is 5.13. The van der Waals surface area contributed by atoms with Gasteiger partial charge in [0.05, 0.1) is 6.54 Å². The molecule has 0 aliphatic heterocycles. The Morgan fingerprint density at radius 1 is 1.15 bits per heavy atom. The fraction of sp³-hybridized carbons (Fsp3) is 0.200. The number of amides is 1. The largest absolute Gasteiger partial charge is 0.481 e. The second-order valence-electron chi connectivity index (χ2n) is 6.07. The molecule has 0 aliphatic rings. The van der Waals surface area contributed by atoms with Crippen LogP contribution in [0.1, 0.15) is 18.1 Å². The predicted molar refractivity (Wildman–Crippen MR) is 96.1 cm³/mol. The minimum absolute atomic E-state index is 0.0968. The number of hydrogen-bond acceptors (Lipinski definition) is 3. The smallest absolute Gasteiger partial charge is 0.261 e. The molecular formula is C20H19F2N3O2. The van der Waals surface area contributed by atoms with Crippen LogP contribution in [0.5, 0.6) is 5.75 Å². The van der Waals surface area contributed by atoms with Crippen molar-refractivity contribution in [3.8, 4) is 5.75 Å². The molecule has 3 aromatic rings. The van der Waals surface area contributed by atoms with Gasteiger partial charge in [0.25, 0.3) is 5.91 Å². The van der Waals surface area contributed by atoms with Crippen LogP contribution in [0.3, 0.4) is 0 Å². The monoisotopic (exact) mass is 371 g/mol. The van der Waals surface area contributed by atoms with Gasteiger partial charge in [0.2, 0.25) is 0 Å². The molecule has 5 nitrogen and oxygen atoms in total.